The molecule has 4 heterocycles. The highest BCUT2D eigenvalue weighted by Gasteiger charge is 2.36. The lowest BCUT2D eigenvalue weighted by atomic mass is 9.92. The maximum atomic E-state index is 13.7. The van der Waals surface area contributed by atoms with Crippen molar-refractivity contribution in [1.29, 1.82) is 0 Å². The van der Waals surface area contributed by atoms with Gasteiger partial charge < -0.3 is 20.1 Å². The maximum Gasteiger partial charge on any atom is 0.252 e. The second-order valence-corrected chi connectivity index (χ2v) is 12.2. The van der Waals surface area contributed by atoms with Gasteiger partial charge in [0.05, 0.1) is 0 Å². The van der Waals surface area contributed by atoms with Gasteiger partial charge in [-0.15, -0.1) is 0 Å². The van der Waals surface area contributed by atoms with Gasteiger partial charge >= 0.3 is 0 Å². The van der Waals surface area contributed by atoms with Gasteiger partial charge in [-0.1, -0.05) is 11.6 Å². The fraction of sp³-hybridized carbons (Fsp3) is 0.424. The molecule has 2 atom stereocenters. The van der Waals surface area contributed by atoms with Crippen LogP contribution in [0, 0.1) is 18.8 Å². The number of allylic oxidation sites excluding steroid dienone is 3. The smallest absolute Gasteiger partial charge is 0.252 e. The molecule has 208 valence electrons. The number of carbonyl (C=O) groups excluding carboxylic acids is 2. The van der Waals surface area contributed by atoms with Crippen LogP contribution in [0.4, 0.5) is 5.82 Å². The number of anilines is 1. The number of amides is 1. The van der Waals surface area contributed by atoms with Crippen LogP contribution < -0.4 is 15.5 Å². The highest BCUT2D eigenvalue weighted by molar-refractivity contribution is 6.10. The van der Waals surface area contributed by atoms with Crippen LogP contribution in [0.5, 0.6) is 0 Å². The molecule has 2 saturated heterocycles. The largest absolute Gasteiger partial charge is 0.356 e. The van der Waals surface area contributed by atoms with E-state index in [2.05, 4.69) is 65.3 Å². The van der Waals surface area contributed by atoms with E-state index in [4.69, 9.17) is 4.98 Å². The third-order valence-electron chi connectivity index (χ3n) is 8.86. The molecule has 7 heteroatoms. The summed E-state index contributed by atoms with van der Waals surface area (Å²) in [5.41, 5.74) is 7.33. The fourth-order valence-corrected chi connectivity index (χ4v) is 6.74. The molecule has 40 heavy (non-hydrogen) atoms. The van der Waals surface area contributed by atoms with E-state index in [9.17, 15) is 9.59 Å². The number of Topliss-reactive ketones (excluding diaryl/α,β-unsaturated/α-hetero) is 1. The van der Waals surface area contributed by atoms with E-state index in [-0.39, 0.29) is 24.3 Å². The number of rotatable bonds is 6. The van der Waals surface area contributed by atoms with Gasteiger partial charge in [-0.05, 0) is 87.4 Å². The number of hydrogen-bond donors (Lipinski definition) is 2. The van der Waals surface area contributed by atoms with Crippen molar-refractivity contribution in [1.82, 2.24) is 20.2 Å². The van der Waals surface area contributed by atoms with Crippen molar-refractivity contribution in [3.05, 3.63) is 70.6 Å². The quantitative estimate of drug-likeness (QED) is 0.451. The van der Waals surface area contributed by atoms with Gasteiger partial charge in [0, 0.05) is 85.2 Å². The SMILES string of the molecule is CC1=CC(C)=C(CNC(=O)c2cc(-c3ccc(N4CC5CNCC5C4)nc3)cc3c2c(C)cn3C(C)C)C(=O)C1. The number of nitrogens with one attached hydrogen (secondary N) is 2. The molecule has 6 rings (SSSR count). The molecule has 1 aromatic carbocycles. The Hall–Kier alpha value is -3.71. The zero-order valence-corrected chi connectivity index (χ0v) is 24.2. The van der Waals surface area contributed by atoms with Gasteiger partial charge in [-0.2, -0.15) is 0 Å². The molecule has 2 unspecified atom stereocenters. The Morgan fingerprint density at radius 3 is 2.50 bits per heavy atom. The predicted octanol–water partition coefficient (Wildman–Crippen LogP) is 5.21. The van der Waals surface area contributed by atoms with Crippen molar-refractivity contribution in [3.8, 4) is 11.1 Å². The number of fused-ring (bicyclic) bond motifs is 2. The Balaban J connectivity index is 1.33. The van der Waals surface area contributed by atoms with Gasteiger partial charge in [0.25, 0.3) is 5.91 Å². The minimum Gasteiger partial charge on any atom is -0.356 e. The molecule has 0 bridgehead atoms. The first-order valence-corrected chi connectivity index (χ1v) is 14.4. The zero-order valence-electron chi connectivity index (χ0n) is 24.2. The fourth-order valence-electron chi connectivity index (χ4n) is 6.74. The normalized spacial score (nSPS) is 21.0. The Morgan fingerprint density at radius 1 is 1.10 bits per heavy atom. The summed E-state index contributed by atoms with van der Waals surface area (Å²) < 4.78 is 2.23. The molecule has 2 fully saturated rings. The molecule has 2 aliphatic heterocycles. The summed E-state index contributed by atoms with van der Waals surface area (Å²) in [6, 6.07) is 8.63. The van der Waals surface area contributed by atoms with Crippen molar-refractivity contribution in [3.63, 3.8) is 0 Å². The van der Waals surface area contributed by atoms with E-state index >= 15 is 0 Å². The van der Waals surface area contributed by atoms with Crippen molar-refractivity contribution >= 4 is 28.4 Å². The molecule has 3 aromatic rings. The molecular weight excluding hydrogens is 498 g/mol. The van der Waals surface area contributed by atoms with Crippen LogP contribution >= 0.6 is 0 Å². The van der Waals surface area contributed by atoms with Crippen LogP contribution in [-0.4, -0.2) is 54.0 Å². The van der Waals surface area contributed by atoms with Gasteiger partial charge in [0.2, 0.25) is 0 Å². The molecule has 1 aliphatic carbocycles. The van der Waals surface area contributed by atoms with Crippen LogP contribution in [-0.2, 0) is 4.79 Å². The van der Waals surface area contributed by atoms with E-state index < -0.39 is 0 Å². The highest BCUT2D eigenvalue weighted by Crippen LogP contribution is 2.34. The van der Waals surface area contributed by atoms with Crippen LogP contribution in [0.15, 0.2) is 59.5 Å². The van der Waals surface area contributed by atoms with Crippen molar-refractivity contribution in [2.45, 2.75) is 47.1 Å². The Labute approximate surface area is 236 Å². The molecule has 1 amide bonds. The molecule has 7 nitrogen and oxygen atoms in total. The second-order valence-electron chi connectivity index (χ2n) is 12.2. The number of hydrogen-bond acceptors (Lipinski definition) is 5. The van der Waals surface area contributed by atoms with Crippen LogP contribution in [0.1, 0.15) is 56.1 Å². The number of aromatic nitrogens is 2. The van der Waals surface area contributed by atoms with E-state index in [1.807, 2.05) is 32.2 Å². The molecule has 2 aromatic heterocycles. The Bertz CT molecular complexity index is 1550. The molecule has 2 N–H and O–H groups in total. The summed E-state index contributed by atoms with van der Waals surface area (Å²) in [5, 5.41) is 7.51. The van der Waals surface area contributed by atoms with E-state index in [1.54, 1.807) is 0 Å². The highest BCUT2D eigenvalue weighted by atomic mass is 16.2. The Kier molecular flexibility index (Phi) is 6.87. The summed E-state index contributed by atoms with van der Waals surface area (Å²) in [6.07, 6.45) is 6.51. The second kappa shape index (κ2) is 10.4. The van der Waals surface area contributed by atoms with Gasteiger partial charge in [0.15, 0.2) is 5.78 Å². The van der Waals surface area contributed by atoms with E-state index in [0.29, 0.717) is 29.4 Å². The standard InChI is InChI=1S/C33H39N5O2/c1-19(2)38-16-22(5)32-27(33(40)36-15-28-21(4)8-20(3)9-30(28)39)10-24(11-29(32)38)23-6-7-31(35-14-23)37-17-25-12-34-13-26(25)18-37/h6-8,10-11,14,16,19,25-26,34H,9,12-13,15,17-18H2,1-5H3,(H,36,40). The topological polar surface area (TPSA) is 79.3 Å². The number of aryl methyl sites for hydroxylation is 1. The summed E-state index contributed by atoms with van der Waals surface area (Å²) in [7, 11) is 0. The average molecular weight is 538 g/mol. The van der Waals surface area contributed by atoms with Crippen molar-refractivity contribution in [2.75, 3.05) is 37.6 Å². The number of benzene rings is 1. The molecule has 0 spiro atoms. The first kappa shape index (κ1) is 26.5. The predicted molar refractivity (Wildman–Crippen MR) is 161 cm³/mol. The average Bonchev–Trinajstić information content (AvgIpc) is 3.61. The Morgan fingerprint density at radius 2 is 1.85 bits per heavy atom. The summed E-state index contributed by atoms with van der Waals surface area (Å²) in [6.45, 7) is 14.8. The number of ketones is 1. The number of pyridine rings is 1. The third kappa shape index (κ3) is 4.77. The number of carbonyl (C=O) groups is 2. The lowest BCUT2D eigenvalue weighted by Crippen LogP contribution is -2.29. The molecule has 3 aliphatic rings. The lowest BCUT2D eigenvalue weighted by Gasteiger charge is -2.19. The van der Waals surface area contributed by atoms with Gasteiger partial charge in [-0.3, -0.25) is 9.59 Å². The zero-order chi connectivity index (χ0) is 28.1. The van der Waals surface area contributed by atoms with Gasteiger partial charge in [-0.25, -0.2) is 4.98 Å². The minimum absolute atomic E-state index is 0.0860. The summed E-state index contributed by atoms with van der Waals surface area (Å²) in [5.74, 6) is 2.35. The van der Waals surface area contributed by atoms with Crippen molar-refractivity contribution < 1.29 is 9.59 Å². The number of nitrogens with zero attached hydrogens (tertiary/aromatic N) is 3. The first-order valence-electron chi connectivity index (χ1n) is 14.4. The molecular formula is C33H39N5O2. The lowest BCUT2D eigenvalue weighted by molar-refractivity contribution is -0.115. The van der Waals surface area contributed by atoms with E-state index in [0.717, 1.165) is 70.7 Å². The van der Waals surface area contributed by atoms with Crippen molar-refractivity contribution in [2.24, 2.45) is 11.8 Å². The van der Waals surface area contributed by atoms with Gasteiger partial charge in [0.1, 0.15) is 5.82 Å². The van der Waals surface area contributed by atoms with Crippen LogP contribution in [0.2, 0.25) is 0 Å². The van der Waals surface area contributed by atoms with E-state index in [1.165, 1.54) is 0 Å². The molecule has 0 radical (unpaired) electrons. The van der Waals surface area contributed by atoms with Crippen LogP contribution in [0.3, 0.4) is 0 Å². The molecule has 0 saturated carbocycles. The summed E-state index contributed by atoms with van der Waals surface area (Å²) >= 11 is 0. The van der Waals surface area contributed by atoms with Crippen LogP contribution in [0.25, 0.3) is 22.0 Å². The first-order chi connectivity index (χ1) is 19.2. The third-order valence-corrected chi connectivity index (χ3v) is 8.86. The minimum atomic E-state index is -0.169. The monoisotopic (exact) mass is 537 g/mol. The maximum absolute atomic E-state index is 13.7. The summed E-state index contributed by atoms with van der Waals surface area (Å²) in [4.78, 5) is 33.6.